The van der Waals surface area contributed by atoms with Crippen LogP contribution in [0.5, 0.6) is 5.75 Å². The number of methoxy groups -OCH3 is 1. The number of amides is 2. The number of nitrogens with zero attached hydrogens (tertiary/aromatic N) is 2. The molecule has 3 aromatic rings. The minimum absolute atomic E-state index is 0.0373. The van der Waals surface area contributed by atoms with Gasteiger partial charge >= 0.3 is 0 Å². The molecule has 3 aromatic carbocycles. The van der Waals surface area contributed by atoms with Crippen LogP contribution in [0.15, 0.2) is 77.7 Å². The Labute approximate surface area is 238 Å². The molecule has 8 nitrogen and oxygen atoms in total. The number of hydrogen-bond acceptors (Lipinski definition) is 5. The van der Waals surface area contributed by atoms with E-state index in [0.717, 1.165) is 21.0 Å². The van der Waals surface area contributed by atoms with E-state index in [1.54, 1.807) is 43.3 Å². The van der Waals surface area contributed by atoms with E-state index >= 15 is 0 Å². The molecule has 0 spiro atoms. The minimum Gasteiger partial charge on any atom is -0.495 e. The molecule has 0 aliphatic heterocycles. The van der Waals surface area contributed by atoms with Crippen molar-refractivity contribution in [2.24, 2.45) is 0 Å². The van der Waals surface area contributed by atoms with Crippen LogP contribution in [-0.4, -0.2) is 50.4 Å². The summed E-state index contributed by atoms with van der Waals surface area (Å²) in [4.78, 5) is 28.8. The summed E-state index contributed by atoms with van der Waals surface area (Å²) in [5, 5.41) is 2.94. The predicted molar refractivity (Wildman–Crippen MR) is 158 cm³/mol. The van der Waals surface area contributed by atoms with Gasteiger partial charge in [0.25, 0.3) is 10.0 Å². The maximum absolute atomic E-state index is 14.1. The maximum atomic E-state index is 14.1. The van der Waals surface area contributed by atoms with E-state index < -0.39 is 34.1 Å². The smallest absolute Gasteiger partial charge is 0.264 e. The number of sulfonamides is 1. The third-order valence-electron chi connectivity index (χ3n) is 6.48. The Kier molecular flexibility index (Phi) is 9.63. The van der Waals surface area contributed by atoms with Gasteiger partial charge in [0.2, 0.25) is 11.8 Å². The predicted octanol–water partition coefficient (Wildman–Crippen LogP) is 4.84. The number of rotatable bonds is 10. The van der Waals surface area contributed by atoms with Crippen LogP contribution in [0.2, 0.25) is 0 Å². The number of anilines is 1. The first-order valence-corrected chi connectivity index (χ1v) is 14.6. The molecule has 0 aromatic heterocycles. The quantitative estimate of drug-likeness (QED) is 0.380. The molecule has 3 rings (SSSR count). The average Bonchev–Trinajstić information content (AvgIpc) is 2.90. The summed E-state index contributed by atoms with van der Waals surface area (Å²) in [6.45, 7) is 10.6. The lowest BCUT2D eigenvalue weighted by atomic mass is 10.1. The molecule has 214 valence electrons. The number of hydrogen-bond donors (Lipinski definition) is 1. The molecule has 0 saturated carbocycles. The van der Waals surface area contributed by atoms with Crippen LogP contribution in [-0.2, 0) is 26.2 Å². The Bertz CT molecular complexity index is 1450. The highest BCUT2D eigenvalue weighted by molar-refractivity contribution is 7.92. The highest BCUT2D eigenvalue weighted by atomic mass is 32.2. The number of aryl methyl sites for hydroxylation is 2. The molecule has 40 heavy (non-hydrogen) atoms. The fourth-order valence-electron chi connectivity index (χ4n) is 4.26. The molecule has 0 saturated heterocycles. The van der Waals surface area contributed by atoms with Gasteiger partial charge in [0.1, 0.15) is 18.3 Å². The largest absolute Gasteiger partial charge is 0.495 e. The van der Waals surface area contributed by atoms with Crippen LogP contribution in [0.1, 0.15) is 44.4 Å². The molecular weight excluding hydrogens is 526 g/mol. The van der Waals surface area contributed by atoms with Crippen molar-refractivity contribution in [3.8, 4) is 5.75 Å². The van der Waals surface area contributed by atoms with E-state index in [-0.39, 0.29) is 23.0 Å². The van der Waals surface area contributed by atoms with Gasteiger partial charge in [-0.25, -0.2) is 8.42 Å². The molecule has 0 aliphatic carbocycles. The van der Waals surface area contributed by atoms with E-state index in [9.17, 15) is 18.0 Å². The Morgan fingerprint density at radius 3 is 2.17 bits per heavy atom. The highest BCUT2D eigenvalue weighted by Crippen LogP contribution is 2.33. The number of ether oxygens (including phenoxy) is 1. The minimum atomic E-state index is -4.18. The molecule has 9 heteroatoms. The molecule has 0 heterocycles. The standard InChI is InChI=1S/C31H39N3O5S/c1-22-17-18-28(39-7)27(19-22)34(40(37,38)26-15-9-8-10-16-26)21-29(35)33(20-25-14-12-11-13-23(25)2)24(3)30(36)32-31(4,5)6/h8-19,24H,20-21H2,1-7H3,(H,32,36)/t24-/m0/s1. The van der Waals surface area contributed by atoms with Crippen LogP contribution in [0, 0.1) is 13.8 Å². The molecule has 2 amide bonds. The van der Waals surface area contributed by atoms with Crippen molar-refractivity contribution in [2.75, 3.05) is 18.0 Å². The zero-order valence-electron chi connectivity index (χ0n) is 24.3. The lowest BCUT2D eigenvalue weighted by Gasteiger charge is -2.34. The van der Waals surface area contributed by atoms with Gasteiger partial charge in [-0.1, -0.05) is 48.5 Å². The summed E-state index contributed by atoms with van der Waals surface area (Å²) >= 11 is 0. The first kappa shape index (κ1) is 30.7. The van der Waals surface area contributed by atoms with Gasteiger partial charge in [-0.3, -0.25) is 13.9 Å². The van der Waals surface area contributed by atoms with Gasteiger partial charge in [0, 0.05) is 12.1 Å². The van der Waals surface area contributed by atoms with Gasteiger partial charge < -0.3 is 15.0 Å². The first-order valence-electron chi connectivity index (χ1n) is 13.1. The highest BCUT2D eigenvalue weighted by Gasteiger charge is 2.34. The van der Waals surface area contributed by atoms with Crippen LogP contribution >= 0.6 is 0 Å². The lowest BCUT2D eigenvalue weighted by Crippen LogP contribution is -2.54. The fraction of sp³-hybridized carbons (Fsp3) is 0.355. The van der Waals surface area contributed by atoms with Gasteiger partial charge in [-0.15, -0.1) is 0 Å². The topological polar surface area (TPSA) is 96.0 Å². The summed E-state index contributed by atoms with van der Waals surface area (Å²) < 4.78 is 34.6. The van der Waals surface area contributed by atoms with Gasteiger partial charge in [0.15, 0.2) is 0 Å². The molecular formula is C31H39N3O5S. The van der Waals surface area contributed by atoms with Crippen molar-refractivity contribution in [3.05, 3.63) is 89.5 Å². The zero-order valence-corrected chi connectivity index (χ0v) is 25.1. The number of nitrogens with one attached hydrogen (secondary N) is 1. The van der Waals surface area contributed by atoms with Gasteiger partial charge in [0.05, 0.1) is 17.7 Å². The summed E-state index contributed by atoms with van der Waals surface area (Å²) in [6, 6.07) is 19.8. The molecule has 0 fully saturated rings. The Hall–Kier alpha value is -3.85. The van der Waals surface area contributed by atoms with Crippen molar-refractivity contribution < 1.29 is 22.7 Å². The summed E-state index contributed by atoms with van der Waals surface area (Å²) in [7, 11) is -2.73. The second kappa shape index (κ2) is 12.6. The number of benzene rings is 3. The Balaban J connectivity index is 2.11. The van der Waals surface area contributed by atoms with Crippen LogP contribution in [0.4, 0.5) is 5.69 Å². The van der Waals surface area contributed by atoms with Crippen molar-refractivity contribution in [3.63, 3.8) is 0 Å². The normalized spacial score (nSPS) is 12.4. The molecule has 0 radical (unpaired) electrons. The SMILES string of the molecule is COc1ccc(C)cc1N(CC(=O)N(Cc1ccccc1C)[C@@H](C)C(=O)NC(C)(C)C)S(=O)(=O)c1ccccc1. The second-order valence-electron chi connectivity index (χ2n) is 10.9. The van der Waals surface area contributed by atoms with E-state index in [1.165, 1.54) is 24.1 Å². The van der Waals surface area contributed by atoms with Gasteiger partial charge in [-0.2, -0.15) is 0 Å². The zero-order chi connectivity index (χ0) is 29.7. The maximum Gasteiger partial charge on any atom is 0.264 e. The Morgan fingerprint density at radius 2 is 1.57 bits per heavy atom. The average molecular weight is 566 g/mol. The molecule has 1 atom stereocenters. The van der Waals surface area contributed by atoms with E-state index in [0.29, 0.717) is 5.75 Å². The molecule has 0 aliphatic rings. The van der Waals surface area contributed by atoms with E-state index in [4.69, 9.17) is 4.74 Å². The number of carbonyl (C=O) groups is 2. The van der Waals surface area contributed by atoms with Crippen molar-refractivity contribution in [1.29, 1.82) is 0 Å². The van der Waals surface area contributed by atoms with Gasteiger partial charge in [-0.05, 0) is 82.5 Å². The number of carbonyl (C=O) groups excluding carboxylic acids is 2. The monoisotopic (exact) mass is 565 g/mol. The molecule has 0 unspecified atom stereocenters. The second-order valence-corrected chi connectivity index (χ2v) is 12.7. The third kappa shape index (κ3) is 7.41. The van der Waals surface area contributed by atoms with Crippen molar-refractivity contribution >= 4 is 27.5 Å². The van der Waals surface area contributed by atoms with Crippen LogP contribution < -0.4 is 14.4 Å². The van der Waals surface area contributed by atoms with Crippen molar-refractivity contribution in [2.45, 2.75) is 64.6 Å². The van der Waals surface area contributed by atoms with E-state index in [2.05, 4.69) is 5.32 Å². The summed E-state index contributed by atoms with van der Waals surface area (Å²) in [5.74, 6) is -0.551. The molecule has 0 bridgehead atoms. The van der Waals surface area contributed by atoms with Crippen LogP contribution in [0.3, 0.4) is 0 Å². The lowest BCUT2D eigenvalue weighted by molar-refractivity contribution is -0.140. The summed E-state index contributed by atoms with van der Waals surface area (Å²) in [5.41, 5.74) is 2.34. The Morgan fingerprint density at radius 1 is 0.950 bits per heavy atom. The molecule has 1 N–H and O–H groups in total. The first-order chi connectivity index (χ1) is 18.7. The van der Waals surface area contributed by atoms with Crippen molar-refractivity contribution in [1.82, 2.24) is 10.2 Å². The van der Waals surface area contributed by atoms with Crippen LogP contribution in [0.25, 0.3) is 0 Å². The third-order valence-corrected chi connectivity index (χ3v) is 8.25. The fourth-order valence-corrected chi connectivity index (χ4v) is 5.69. The van der Waals surface area contributed by atoms with E-state index in [1.807, 2.05) is 58.9 Å². The summed E-state index contributed by atoms with van der Waals surface area (Å²) in [6.07, 6.45) is 0.